The van der Waals surface area contributed by atoms with Gasteiger partial charge < -0.3 is 10.1 Å². The van der Waals surface area contributed by atoms with Crippen molar-refractivity contribution >= 4 is 6.09 Å². The Bertz CT molecular complexity index is 418. The molecule has 1 aromatic rings. The van der Waals surface area contributed by atoms with E-state index < -0.39 is 5.60 Å². The number of rotatable bonds is 4. The number of alkyl carbamates (subject to hydrolysis) is 1. The molecule has 1 amide bonds. The van der Waals surface area contributed by atoms with Gasteiger partial charge in [0.05, 0.1) is 0 Å². The minimum Gasteiger partial charge on any atom is -0.444 e. The maximum atomic E-state index is 11.9. The van der Waals surface area contributed by atoms with Crippen LogP contribution in [0.5, 0.6) is 0 Å². The molecule has 0 aliphatic heterocycles. The summed E-state index contributed by atoms with van der Waals surface area (Å²) in [5.41, 5.74) is 0.820. The molecule has 1 aliphatic carbocycles. The summed E-state index contributed by atoms with van der Waals surface area (Å²) in [4.78, 5) is 11.9. The quantitative estimate of drug-likeness (QED) is 0.900. The lowest BCUT2D eigenvalue weighted by Gasteiger charge is -2.23. The Morgan fingerprint density at radius 3 is 2.47 bits per heavy atom. The molecule has 1 N–H and O–H groups in total. The predicted molar refractivity (Wildman–Crippen MR) is 76.0 cm³/mol. The van der Waals surface area contributed by atoms with Crippen LogP contribution >= 0.6 is 0 Å². The van der Waals surface area contributed by atoms with Gasteiger partial charge >= 0.3 is 6.09 Å². The summed E-state index contributed by atoms with van der Waals surface area (Å²) in [6.45, 7) is 5.65. The van der Waals surface area contributed by atoms with Gasteiger partial charge in [-0.2, -0.15) is 0 Å². The summed E-state index contributed by atoms with van der Waals surface area (Å²) in [5.74, 6) is 0.604. The van der Waals surface area contributed by atoms with Crippen LogP contribution < -0.4 is 5.32 Å². The highest BCUT2D eigenvalue weighted by molar-refractivity contribution is 5.68. The number of amides is 1. The second-order valence-electron chi connectivity index (χ2n) is 6.28. The second kappa shape index (κ2) is 5.64. The molecular formula is C16H23NO2. The third-order valence-electron chi connectivity index (χ3n) is 3.19. The Kier molecular flexibility index (Phi) is 4.13. The average Bonchev–Trinajstić information content (AvgIpc) is 3.10. The maximum Gasteiger partial charge on any atom is 0.407 e. The molecule has 1 fully saturated rings. The van der Waals surface area contributed by atoms with Crippen LogP contribution in [0, 0.1) is 5.92 Å². The summed E-state index contributed by atoms with van der Waals surface area (Å²) in [6, 6.07) is 10.5. The lowest BCUT2D eigenvalue weighted by atomic mass is 10.0. The molecule has 3 nitrogen and oxygen atoms in total. The molecule has 1 atom stereocenters. The highest BCUT2D eigenvalue weighted by Gasteiger charge is 2.33. The summed E-state index contributed by atoms with van der Waals surface area (Å²) < 4.78 is 5.33. The van der Waals surface area contributed by atoms with E-state index >= 15 is 0 Å². The fourth-order valence-electron chi connectivity index (χ4n) is 2.16. The molecule has 104 valence electrons. The predicted octanol–water partition coefficient (Wildman–Crippen LogP) is 3.53. The molecular weight excluding hydrogens is 238 g/mol. The lowest BCUT2D eigenvalue weighted by Crippen LogP contribution is -2.41. The molecule has 1 aromatic carbocycles. The third kappa shape index (κ3) is 4.93. The zero-order chi connectivity index (χ0) is 13.9. The summed E-state index contributed by atoms with van der Waals surface area (Å²) in [5, 5.41) is 3.02. The molecule has 0 bridgehead atoms. The van der Waals surface area contributed by atoms with E-state index in [1.165, 1.54) is 18.4 Å². The molecule has 19 heavy (non-hydrogen) atoms. The van der Waals surface area contributed by atoms with Gasteiger partial charge in [0.1, 0.15) is 5.60 Å². The fourth-order valence-corrected chi connectivity index (χ4v) is 2.16. The van der Waals surface area contributed by atoms with Crippen molar-refractivity contribution in [3.8, 4) is 0 Å². The molecule has 0 radical (unpaired) electrons. The topological polar surface area (TPSA) is 38.3 Å². The highest BCUT2D eigenvalue weighted by atomic mass is 16.6. The van der Waals surface area contributed by atoms with Gasteiger partial charge in [0, 0.05) is 6.04 Å². The number of carbonyl (C=O) groups excluding carboxylic acids is 1. The molecule has 0 saturated heterocycles. The van der Waals surface area contributed by atoms with Crippen LogP contribution in [0.3, 0.4) is 0 Å². The molecule has 1 aliphatic rings. The summed E-state index contributed by atoms with van der Waals surface area (Å²) >= 11 is 0. The standard InChI is InChI=1S/C16H23NO2/c1-16(2,3)19-15(18)17-14(13-9-10-13)11-12-7-5-4-6-8-12/h4-8,13-14H,9-11H2,1-3H3,(H,17,18)/t14-/m0/s1. The minimum absolute atomic E-state index is 0.192. The van der Waals surface area contributed by atoms with Crippen LogP contribution in [-0.4, -0.2) is 17.7 Å². The van der Waals surface area contributed by atoms with Gasteiger partial charge in [-0.3, -0.25) is 0 Å². The van der Waals surface area contributed by atoms with Crippen LogP contribution in [-0.2, 0) is 11.2 Å². The molecule has 0 spiro atoms. The Morgan fingerprint density at radius 1 is 1.32 bits per heavy atom. The Morgan fingerprint density at radius 2 is 1.95 bits per heavy atom. The highest BCUT2D eigenvalue weighted by Crippen LogP contribution is 2.34. The summed E-state index contributed by atoms with van der Waals surface area (Å²) in [6.07, 6.45) is 2.98. The van der Waals surface area contributed by atoms with Crippen molar-refractivity contribution in [1.29, 1.82) is 0 Å². The van der Waals surface area contributed by atoms with Gasteiger partial charge in [0.15, 0.2) is 0 Å². The first-order chi connectivity index (χ1) is 8.94. The molecule has 1 saturated carbocycles. The Labute approximate surface area is 115 Å². The zero-order valence-corrected chi connectivity index (χ0v) is 12.0. The van der Waals surface area contributed by atoms with Crippen LogP contribution in [0.4, 0.5) is 4.79 Å². The number of hydrogen-bond acceptors (Lipinski definition) is 2. The average molecular weight is 261 g/mol. The molecule has 2 rings (SSSR count). The Hall–Kier alpha value is -1.51. The van der Waals surface area contributed by atoms with E-state index in [4.69, 9.17) is 4.74 Å². The van der Waals surface area contributed by atoms with Crippen LogP contribution in [0.15, 0.2) is 30.3 Å². The summed E-state index contributed by atoms with van der Waals surface area (Å²) in [7, 11) is 0. The SMILES string of the molecule is CC(C)(C)OC(=O)N[C@@H](Cc1ccccc1)C1CC1. The Balaban J connectivity index is 1.92. The van der Waals surface area contributed by atoms with Crippen LogP contribution in [0.1, 0.15) is 39.2 Å². The van der Waals surface area contributed by atoms with Crippen molar-refractivity contribution in [2.75, 3.05) is 0 Å². The molecule has 0 unspecified atom stereocenters. The van der Waals surface area contributed by atoms with E-state index in [1.54, 1.807) is 0 Å². The van der Waals surface area contributed by atoms with Crippen molar-refractivity contribution < 1.29 is 9.53 Å². The van der Waals surface area contributed by atoms with E-state index in [0.29, 0.717) is 5.92 Å². The van der Waals surface area contributed by atoms with Crippen LogP contribution in [0.2, 0.25) is 0 Å². The first kappa shape index (κ1) is 13.9. The third-order valence-corrected chi connectivity index (χ3v) is 3.19. The van der Waals surface area contributed by atoms with Crippen molar-refractivity contribution in [3.05, 3.63) is 35.9 Å². The van der Waals surface area contributed by atoms with Crippen molar-refractivity contribution in [3.63, 3.8) is 0 Å². The van der Waals surface area contributed by atoms with Gasteiger partial charge in [0.2, 0.25) is 0 Å². The van der Waals surface area contributed by atoms with Gasteiger partial charge in [-0.25, -0.2) is 4.79 Å². The van der Waals surface area contributed by atoms with E-state index in [-0.39, 0.29) is 12.1 Å². The lowest BCUT2D eigenvalue weighted by molar-refractivity contribution is 0.0498. The molecule has 0 aromatic heterocycles. The van der Waals surface area contributed by atoms with Gasteiger partial charge in [-0.1, -0.05) is 30.3 Å². The monoisotopic (exact) mass is 261 g/mol. The first-order valence-electron chi connectivity index (χ1n) is 6.97. The fraction of sp³-hybridized carbons (Fsp3) is 0.562. The van der Waals surface area contributed by atoms with Gasteiger partial charge in [-0.05, 0) is 51.5 Å². The van der Waals surface area contributed by atoms with E-state index in [0.717, 1.165) is 6.42 Å². The maximum absolute atomic E-state index is 11.9. The number of carbonyl (C=O) groups is 1. The van der Waals surface area contributed by atoms with Crippen molar-refractivity contribution in [1.82, 2.24) is 5.32 Å². The number of ether oxygens (including phenoxy) is 1. The van der Waals surface area contributed by atoms with E-state index in [2.05, 4.69) is 17.4 Å². The minimum atomic E-state index is -0.440. The largest absolute Gasteiger partial charge is 0.444 e. The normalized spacial score (nSPS) is 16.8. The molecule has 0 heterocycles. The van der Waals surface area contributed by atoms with Crippen molar-refractivity contribution in [2.24, 2.45) is 5.92 Å². The van der Waals surface area contributed by atoms with E-state index in [1.807, 2.05) is 39.0 Å². The van der Waals surface area contributed by atoms with Crippen molar-refractivity contribution in [2.45, 2.75) is 51.7 Å². The number of hydrogen-bond donors (Lipinski definition) is 1. The second-order valence-corrected chi connectivity index (χ2v) is 6.28. The molecule has 3 heteroatoms. The first-order valence-corrected chi connectivity index (χ1v) is 6.97. The smallest absolute Gasteiger partial charge is 0.407 e. The van der Waals surface area contributed by atoms with Gasteiger partial charge in [-0.15, -0.1) is 0 Å². The van der Waals surface area contributed by atoms with E-state index in [9.17, 15) is 4.79 Å². The zero-order valence-electron chi connectivity index (χ0n) is 12.0. The van der Waals surface area contributed by atoms with Gasteiger partial charge in [0.25, 0.3) is 0 Å². The number of benzene rings is 1. The van der Waals surface area contributed by atoms with Crippen LogP contribution in [0.25, 0.3) is 0 Å². The number of nitrogens with one attached hydrogen (secondary N) is 1.